The number of aryl methyl sites for hydroxylation is 2. The van der Waals surface area contributed by atoms with Crippen molar-refractivity contribution in [2.75, 3.05) is 27.2 Å². The van der Waals surface area contributed by atoms with Gasteiger partial charge in [-0.1, -0.05) is 11.6 Å². The van der Waals surface area contributed by atoms with Crippen molar-refractivity contribution in [3.8, 4) is 5.75 Å². The van der Waals surface area contributed by atoms with Gasteiger partial charge >= 0.3 is 0 Å². The smallest absolute Gasteiger partial charge is 0.242 e. The first kappa shape index (κ1) is 23.1. The molecule has 8 nitrogen and oxygen atoms in total. The highest BCUT2D eigenvalue weighted by Gasteiger charge is 2.19. The quantitative estimate of drug-likeness (QED) is 0.491. The van der Waals surface area contributed by atoms with Crippen LogP contribution >= 0.6 is 11.6 Å². The summed E-state index contributed by atoms with van der Waals surface area (Å²) in [6, 6.07) is 11.9. The number of fused-ring (bicyclic) bond motifs is 1. The van der Waals surface area contributed by atoms with Gasteiger partial charge in [-0.2, -0.15) is 0 Å². The van der Waals surface area contributed by atoms with Crippen molar-refractivity contribution in [3.63, 3.8) is 0 Å². The molecular weight excluding hydrogens is 440 g/mol. The Balaban J connectivity index is 1.54. The molecule has 0 aliphatic carbocycles. The molecule has 10 heteroatoms. The van der Waals surface area contributed by atoms with Crippen molar-refractivity contribution in [2.24, 2.45) is 7.05 Å². The highest BCUT2D eigenvalue weighted by Crippen LogP contribution is 2.22. The number of benzene rings is 2. The van der Waals surface area contributed by atoms with Crippen LogP contribution in [0, 0.1) is 0 Å². The maximum absolute atomic E-state index is 12.3. The normalized spacial score (nSPS) is 11.8. The zero-order valence-electron chi connectivity index (χ0n) is 17.6. The Labute approximate surface area is 186 Å². The van der Waals surface area contributed by atoms with Gasteiger partial charge in [-0.05, 0) is 42.5 Å². The van der Waals surface area contributed by atoms with Crippen LogP contribution in [0.1, 0.15) is 12.2 Å². The van der Waals surface area contributed by atoms with E-state index in [1.54, 1.807) is 42.5 Å². The van der Waals surface area contributed by atoms with Gasteiger partial charge in [0, 0.05) is 39.0 Å². The van der Waals surface area contributed by atoms with E-state index >= 15 is 0 Å². The molecule has 166 valence electrons. The molecule has 0 aliphatic rings. The lowest BCUT2D eigenvalue weighted by atomic mass is 10.3. The minimum Gasteiger partial charge on any atom is -0.492 e. The molecule has 2 aromatic carbocycles. The fourth-order valence-corrected chi connectivity index (χ4v) is 4.08. The van der Waals surface area contributed by atoms with Crippen LogP contribution in [-0.2, 0) is 28.3 Å². The van der Waals surface area contributed by atoms with Crippen molar-refractivity contribution in [3.05, 3.63) is 53.3 Å². The minimum absolute atomic E-state index is 0.109. The maximum atomic E-state index is 12.3. The standard InChI is InChI=1S/C21H25ClN4O4S/c1-25(2)31(28,29)17-8-9-19-18(14-17)24-20(26(19)3)10-11-21(27)23-12-13-30-16-6-4-15(22)5-7-16/h4-9,14H,10-13H2,1-3H3,(H,23,27). The topological polar surface area (TPSA) is 93.5 Å². The Kier molecular flexibility index (Phi) is 7.19. The monoisotopic (exact) mass is 464 g/mol. The van der Waals surface area contributed by atoms with Crippen LogP contribution in [0.5, 0.6) is 5.75 Å². The van der Waals surface area contributed by atoms with E-state index in [1.807, 2.05) is 11.6 Å². The number of halogens is 1. The van der Waals surface area contributed by atoms with Gasteiger partial charge in [0.25, 0.3) is 0 Å². The van der Waals surface area contributed by atoms with Crippen molar-refractivity contribution >= 4 is 38.6 Å². The third-order valence-corrected chi connectivity index (χ3v) is 6.87. The number of hydrogen-bond acceptors (Lipinski definition) is 5. The number of sulfonamides is 1. The summed E-state index contributed by atoms with van der Waals surface area (Å²) in [6.07, 6.45) is 0.700. The second-order valence-corrected chi connectivity index (χ2v) is 9.77. The van der Waals surface area contributed by atoms with Crippen molar-refractivity contribution < 1.29 is 17.9 Å². The molecule has 0 spiro atoms. The van der Waals surface area contributed by atoms with E-state index in [4.69, 9.17) is 16.3 Å². The first-order valence-electron chi connectivity index (χ1n) is 9.71. The van der Waals surface area contributed by atoms with Crippen molar-refractivity contribution in [2.45, 2.75) is 17.7 Å². The summed E-state index contributed by atoms with van der Waals surface area (Å²) < 4.78 is 33.3. The van der Waals surface area contributed by atoms with Crippen molar-refractivity contribution in [1.82, 2.24) is 19.2 Å². The molecule has 0 aliphatic heterocycles. The average molecular weight is 465 g/mol. The second-order valence-electron chi connectivity index (χ2n) is 7.18. The number of amides is 1. The summed E-state index contributed by atoms with van der Waals surface area (Å²) in [5.74, 6) is 1.29. The van der Waals surface area contributed by atoms with E-state index in [9.17, 15) is 13.2 Å². The zero-order chi connectivity index (χ0) is 22.6. The molecule has 1 N–H and O–H groups in total. The SMILES string of the molecule is CN(C)S(=O)(=O)c1ccc2c(c1)nc(CCC(=O)NCCOc1ccc(Cl)cc1)n2C. The Bertz CT molecular complexity index is 1170. The summed E-state index contributed by atoms with van der Waals surface area (Å²) in [7, 11) is 1.30. The summed E-state index contributed by atoms with van der Waals surface area (Å²) in [6.45, 7) is 0.735. The lowest BCUT2D eigenvalue weighted by Gasteiger charge is -2.10. The number of ether oxygens (including phenoxy) is 1. The van der Waals surface area contributed by atoms with E-state index in [2.05, 4.69) is 10.3 Å². The van der Waals surface area contributed by atoms with Gasteiger partial charge in [-0.25, -0.2) is 17.7 Å². The molecule has 0 bridgehead atoms. The predicted octanol–water partition coefficient (Wildman–Crippen LogP) is 2.60. The minimum atomic E-state index is -3.53. The molecule has 3 rings (SSSR count). The van der Waals surface area contributed by atoms with Crippen LogP contribution in [-0.4, -0.2) is 55.4 Å². The number of nitrogens with one attached hydrogen (secondary N) is 1. The second kappa shape index (κ2) is 9.67. The van der Waals surface area contributed by atoms with Crippen LogP contribution in [0.4, 0.5) is 0 Å². The number of carbonyl (C=O) groups is 1. The summed E-state index contributed by atoms with van der Waals surface area (Å²) in [5, 5.41) is 3.45. The molecule has 0 fully saturated rings. The highest BCUT2D eigenvalue weighted by molar-refractivity contribution is 7.89. The molecule has 0 saturated carbocycles. The Morgan fingerprint density at radius 1 is 1.19 bits per heavy atom. The fourth-order valence-electron chi connectivity index (χ4n) is 3.03. The third-order valence-electron chi connectivity index (χ3n) is 4.81. The largest absolute Gasteiger partial charge is 0.492 e. The van der Waals surface area contributed by atoms with Gasteiger partial charge in [-0.3, -0.25) is 4.79 Å². The van der Waals surface area contributed by atoms with Gasteiger partial charge in [0.1, 0.15) is 18.2 Å². The molecule has 1 amide bonds. The van der Waals surface area contributed by atoms with Crippen LogP contribution in [0.2, 0.25) is 5.02 Å². The number of imidazole rings is 1. The molecule has 0 unspecified atom stereocenters. The molecular formula is C21H25ClN4O4S. The third kappa shape index (κ3) is 5.55. The van der Waals surface area contributed by atoms with Gasteiger partial charge < -0.3 is 14.6 Å². The highest BCUT2D eigenvalue weighted by atomic mass is 35.5. The average Bonchev–Trinajstić information content (AvgIpc) is 3.06. The number of carbonyl (C=O) groups excluding carboxylic acids is 1. The maximum Gasteiger partial charge on any atom is 0.242 e. The van der Waals surface area contributed by atoms with Gasteiger partial charge in [0.2, 0.25) is 15.9 Å². The van der Waals surface area contributed by atoms with E-state index in [-0.39, 0.29) is 17.2 Å². The predicted molar refractivity (Wildman–Crippen MR) is 120 cm³/mol. The molecule has 0 saturated heterocycles. The van der Waals surface area contributed by atoms with Gasteiger partial charge in [0.15, 0.2) is 0 Å². The summed E-state index contributed by atoms with van der Waals surface area (Å²) in [4.78, 5) is 16.9. The lowest BCUT2D eigenvalue weighted by molar-refractivity contribution is -0.121. The lowest BCUT2D eigenvalue weighted by Crippen LogP contribution is -2.28. The van der Waals surface area contributed by atoms with Gasteiger partial charge in [0.05, 0.1) is 22.5 Å². The molecule has 0 atom stereocenters. The van der Waals surface area contributed by atoms with E-state index in [0.29, 0.717) is 41.7 Å². The number of nitrogens with zero attached hydrogens (tertiary/aromatic N) is 3. The Morgan fingerprint density at radius 2 is 1.90 bits per heavy atom. The zero-order valence-corrected chi connectivity index (χ0v) is 19.2. The number of aromatic nitrogens is 2. The molecule has 1 heterocycles. The molecule has 31 heavy (non-hydrogen) atoms. The van der Waals surface area contributed by atoms with E-state index in [1.165, 1.54) is 18.4 Å². The Hall–Kier alpha value is -2.62. The first-order valence-corrected chi connectivity index (χ1v) is 11.5. The van der Waals surface area contributed by atoms with Crippen LogP contribution < -0.4 is 10.1 Å². The van der Waals surface area contributed by atoms with E-state index < -0.39 is 10.0 Å². The Morgan fingerprint density at radius 3 is 2.58 bits per heavy atom. The number of rotatable bonds is 9. The summed E-state index contributed by atoms with van der Waals surface area (Å²) in [5.41, 5.74) is 1.39. The van der Waals surface area contributed by atoms with Crippen LogP contribution in [0.3, 0.4) is 0 Å². The summed E-state index contributed by atoms with van der Waals surface area (Å²) >= 11 is 5.83. The molecule has 3 aromatic rings. The van der Waals surface area contributed by atoms with Gasteiger partial charge in [-0.15, -0.1) is 0 Å². The van der Waals surface area contributed by atoms with Crippen LogP contribution in [0.15, 0.2) is 47.4 Å². The first-order chi connectivity index (χ1) is 14.7. The van der Waals surface area contributed by atoms with E-state index in [0.717, 1.165) is 5.52 Å². The molecule has 0 radical (unpaired) electrons. The van der Waals surface area contributed by atoms with Crippen LogP contribution in [0.25, 0.3) is 11.0 Å². The fraction of sp³-hybridized carbons (Fsp3) is 0.333. The van der Waals surface area contributed by atoms with Crippen molar-refractivity contribution in [1.29, 1.82) is 0 Å². The number of hydrogen-bond donors (Lipinski definition) is 1. The molecule has 1 aromatic heterocycles.